The van der Waals surface area contributed by atoms with Crippen molar-refractivity contribution in [2.75, 3.05) is 19.8 Å². The van der Waals surface area contributed by atoms with Crippen LogP contribution < -0.4 is 10.1 Å². The molecule has 0 aliphatic heterocycles. The Labute approximate surface area is 118 Å². The lowest BCUT2D eigenvalue weighted by Crippen LogP contribution is -2.16. The predicted molar refractivity (Wildman–Crippen MR) is 75.7 cm³/mol. The van der Waals surface area contributed by atoms with Gasteiger partial charge in [0.2, 0.25) is 0 Å². The predicted octanol–water partition coefficient (Wildman–Crippen LogP) is 3.25. The Hall–Kier alpha value is -0.480. The monoisotopic (exact) mass is 291 g/mol. The normalized spacial score (nSPS) is 10.7. The van der Waals surface area contributed by atoms with Gasteiger partial charge in [0.05, 0.1) is 11.6 Å². The second kappa shape index (κ2) is 8.59. The molecule has 0 heterocycles. The van der Waals surface area contributed by atoms with Crippen molar-refractivity contribution in [1.29, 1.82) is 0 Å². The molecule has 1 aromatic carbocycles. The Morgan fingerprint density at radius 2 is 2.11 bits per heavy atom. The number of rotatable bonds is 8. The van der Waals surface area contributed by atoms with E-state index in [0.717, 1.165) is 24.9 Å². The van der Waals surface area contributed by atoms with Crippen molar-refractivity contribution in [3.63, 3.8) is 0 Å². The van der Waals surface area contributed by atoms with Crippen LogP contribution in [0.5, 0.6) is 5.75 Å². The number of hydrogen-bond acceptors (Lipinski definition) is 3. The van der Waals surface area contributed by atoms with Crippen LogP contribution in [0, 0.1) is 0 Å². The fourth-order valence-corrected chi connectivity index (χ4v) is 2.13. The van der Waals surface area contributed by atoms with Crippen LogP contribution in [0.25, 0.3) is 0 Å². The van der Waals surface area contributed by atoms with E-state index in [0.29, 0.717) is 28.9 Å². The lowest BCUT2D eigenvalue weighted by atomic mass is 10.2. The van der Waals surface area contributed by atoms with Gasteiger partial charge in [-0.25, -0.2) is 0 Å². The summed E-state index contributed by atoms with van der Waals surface area (Å²) in [6, 6.07) is 3.54. The molecular weight excluding hydrogens is 273 g/mol. The molecule has 0 bridgehead atoms. The van der Waals surface area contributed by atoms with Gasteiger partial charge in [0.15, 0.2) is 0 Å². The van der Waals surface area contributed by atoms with Crippen molar-refractivity contribution >= 4 is 23.2 Å². The van der Waals surface area contributed by atoms with Gasteiger partial charge in [-0.15, -0.1) is 0 Å². The largest absolute Gasteiger partial charge is 0.492 e. The standard InChI is InChI=1S/C13H19Cl2NO2/c1-2-6-18-13-10(9-16-4-3-5-17)7-11(14)8-12(13)15/h7-8,16-17H,2-6,9H2,1H3. The van der Waals surface area contributed by atoms with Crippen LogP contribution >= 0.6 is 23.2 Å². The van der Waals surface area contributed by atoms with Crippen molar-refractivity contribution in [3.05, 3.63) is 27.7 Å². The Morgan fingerprint density at radius 1 is 1.33 bits per heavy atom. The minimum Gasteiger partial charge on any atom is -0.492 e. The number of aliphatic hydroxyl groups is 1. The molecular formula is C13H19Cl2NO2. The van der Waals surface area contributed by atoms with Crippen LogP contribution in [0.3, 0.4) is 0 Å². The van der Waals surface area contributed by atoms with Crippen LogP contribution in [0.15, 0.2) is 12.1 Å². The molecule has 0 atom stereocenters. The SMILES string of the molecule is CCCOc1c(Cl)cc(Cl)cc1CNCCCO. The average Bonchev–Trinajstić information content (AvgIpc) is 2.33. The molecule has 18 heavy (non-hydrogen) atoms. The molecule has 3 nitrogen and oxygen atoms in total. The summed E-state index contributed by atoms with van der Waals surface area (Å²) in [6.07, 6.45) is 1.65. The Balaban J connectivity index is 2.72. The van der Waals surface area contributed by atoms with Gasteiger partial charge in [-0.05, 0) is 31.5 Å². The molecule has 0 saturated carbocycles. The molecule has 102 valence electrons. The third-order valence-electron chi connectivity index (χ3n) is 2.36. The summed E-state index contributed by atoms with van der Waals surface area (Å²) in [5.41, 5.74) is 0.943. The molecule has 0 aliphatic rings. The zero-order valence-electron chi connectivity index (χ0n) is 10.5. The molecule has 0 aliphatic carbocycles. The summed E-state index contributed by atoms with van der Waals surface area (Å²) < 4.78 is 5.65. The summed E-state index contributed by atoms with van der Waals surface area (Å²) >= 11 is 12.1. The second-order valence-corrected chi connectivity index (χ2v) is 4.82. The van der Waals surface area contributed by atoms with E-state index < -0.39 is 0 Å². The highest BCUT2D eigenvalue weighted by atomic mass is 35.5. The molecule has 0 aromatic heterocycles. The third kappa shape index (κ3) is 5.02. The van der Waals surface area contributed by atoms with Gasteiger partial charge in [-0.3, -0.25) is 0 Å². The average molecular weight is 292 g/mol. The van der Waals surface area contributed by atoms with Gasteiger partial charge >= 0.3 is 0 Å². The number of ether oxygens (including phenoxy) is 1. The van der Waals surface area contributed by atoms with Crippen molar-refractivity contribution in [1.82, 2.24) is 5.32 Å². The number of halogens is 2. The van der Waals surface area contributed by atoms with Gasteiger partial charge in [0, 0.05) is 23.7 Å². The summed E-state index contributed by atoms with van der Waals surface area (Å²) in [7, 11) is 0. The van der Waals surface area contributed by atoms with Crippen LogP contribution in [0.2, 0.25) is 10.0 Å². The highest BCUT2D eigenvalue weighted by Crippen LogP contribution is 2.32. The third-order valence-corrected chi connectivity index (χ3v) is 2.86. The Morgan fingerprint density at radius 3 is 2.78 bits per heavy atom. The van der Waals surface area contributed by atoms with Crippen LogP contribution in [0.1, 0.15) is 25.3 Å². The van der Waals surface area contributed by atoms with E-state index in [-0.39, 0.29) is 6.61 Å². The van der Waals surface area contributed by atoms with Gasteiger partial charge in [-0.2, -0.15) is 0 Å². The lowest BCUT2D eigenvalue weighted by Gasteiger charge is -2.14. The summed E-state index contributed by atoms with van der Waals surface area (Å²) in [6.45, 7) is 4.23. The van der Waals surface area contributed by atoms with Crippen molar-refractivity contribution in [2.45, 2.75) is 26.3 Å². The van der Waals surface area contributed by atoms with Crippen molar-refractivity contribution < 1.29 is 9.84 Å². The van der Waals surface area contributed by atoms with Gasteiger partial charge in [0.25, 0.3) is 0 Å². The zero-order valence-corrected chi connectivity index (χ0v) is 12.0. The molecule has 0 unspecified atom stereocenters. The highest BCUT2D eigenvalue weighted by molar-refractivity contribution is 6.35. The topological polar surface area (TPSA) is 41.5 Å². The molecule has 0 amide bonds. The second-order valence-electron chi connectivity index (χ2n) is 3.98. The molecule has 1 aromatic rings. The van der Waals surface area contributed by atoms with Gasteiger partial charge in [0.1, 0.15) is 5.75 Å². The van der Waals surface area contributed by atoms with Gasteiger partial charge < -0.3 is 15.2 Å². The number of nitrogens with one attached hydrogen (secondary N) is 1. The summed E-state index contributed by atoms with van der Waals surface area (Å²) in [4.78, 5) is 0. The molecule has 5 heteroatoms. The zero-order chi connectivity index (χ0) is 13.4. The molecule has 0 spiro atoms. The fraction of sp³-hybridized carbons (Fsp3) is 0.538. The Kier molecular flexibility index (Phi) is 7.44. The highest BCUT2D eigenvalue weighted by Gasteiger charge is 2.10. The van der Waals surface area contributed by atoms with E-state index >= 15 is 0 Å². The maximum Gasteiger partial charge on any atom is 0.142 e. The van der Waals surface area contributed by atoms with E-state index in [1.807, 2.05) is 13.0 Å². The molecule has 2 N–H and O–H groups in total. The lowest BCUT2D eigenvalue weighted by molar-refractivity contribution is 0.285. The van der Waals surface area contributed by atoms with E-state index in [9.17, 15) is 0 Å². The Bertz CT molecular complexity index is 372. The minimum absolute atomic E-state index is 0.183. The van der Waals surface area contributed by atoms with Crippen LogP contribution in [-0.4, -0.2) is 24.9 Å². The van der Waals surface area contributed by atoms with E-state index in [4.69, 9.17) is 33.0 Å². The van der Waals surface area contributed by atoms with E-state index in [1.54, 1.807) is 6.07 Å². The first kappa shape index (κ1) is 15.6. The summed E-state index contributed by atoms with van der Waals surface area (Å²) in [5, 5.41) is 13.1. The summed E-state index contributed by atoms with van der Waals surface area (Å²) in [5.74, 6) is 0.694. The maximum absolute atomic E-state index is 8.72. The van der Waals surface area contributed by atoms with Crippen molar-refractivity contribution in [2.24, 2.45) is 0 Å². The molecule has 0 radical (unpaired) electrons. The van der Waals surface area contributed by atoms with Crippen LogP contribution in [0.4, 0.5) is 0 Å². The molecule has 1 rings (SSSR count). The first-order chi connectivity index (χ1) is 8.69. The first-order valence-corrected chi connectivity index (χ1v) is 6.87. The first-order valence-electron chi connectivity index (χ1n) is 6.11. The molecule has 0 fully saturated rings. The van der Waals surface area contributed by atoms with E-state index in [2.05, 4.69) is 5.32 Å². The minimum atomic E-state index is 0.183. The number of benzene rings is 1. The quantitative estimate of drug-likeness (QED) is 0.723. The van der Waals surface area contributed by atoms with Gasteiger partial charge in [-0.1, -0.05) is 30.1 Å². The van der Waals surface area contributed by atoms with Crippen molar-refractivity contribution in [3.8, 4) is 5.75 Å². The van der Waals surface area contributed by atoms with E-state index in [1.165, 1.54) is 0 Å². The molecule has 0 saturated heterocycles. The smallest absolute Gasteiger partial charge is 0.142 e. The fourth-order valence-electron chi connectivity index (χ4n) is 1.54. The maximum atomic E-state index is 8.72. The number of hydrogen-bond donors (Lipinski definition) is 2. The number of aliphatic hydroxyl groups excluding tert-OH is 1. The van der Waals surface area contributed by atoms with Crippen LogP contribution in [-0.2, 0) is 6.54 Å².